The highest BCUT2D eigenvalue weighted by atomic mass is 35.5. The topological polar surface area (TPSA) is 61.4 Å². The Hall–Kier alpha value is -1.10. The maximum absolute atomic E-state index is 11.7. The van der Waals surface area contributed by atoms with Gasteiger partial charge in [0.1, 0.15) is 0 Å². The van der Waals surface area contributed by atoms with Gasteiger partial charge in [0.2, 0.25) is 5.91 Å². The first-order valence-corrected chi connectivity index (χ1v) is 5.79. The predicted molar refractivity (Wildman–Crippen MR) is 74.6 cm³/mol. The van der Waals surface area contributed by atoms with Crippen LogP contribution in [0.3, 0.4) is 0 Å². The van der Waals surface area contributed by atoms with Crippen molar-refractivity contribution >= 4 is 18.3 Å². The van der Waals surface area contributed by atoms with Crippen molar-refractivity contribution in [2.24, 2.45) is 5.92 Å². The maximum Gasteiger partial charge on any atom is 0.224 e. The van der Waals surface area contributed by atoms with E-state index in [4.69, 9.17) is 5.11 Å². The minimum Gasteiger partial charge on any atom is -0.392 e. The summed E-state index contributed by atoms with van der Waals surface area (Å²) >= 11 is 0. The largest absolute Gasteiger partial charge is 0.392 e. The lowest BCUT2D eigenvalue weighted by Gasteiger charge is -2.13. The fourth-order valence-electron chi connectivity index (χ4n) is 1.64. The fraction of sp³-hybridized carbons (Fsp3) is 0.462. The van der Waals surface area contributed by atoms with Crippen LogP contribution in [0.15, 0.2) is 24.3 Å². The summed E-state index contributed by atoms with van der Waals surface area (Å²) < 4.78 is 0. The van der Waals surface area contributed by atoms with Gasteiger partial charge >= 0.3 is 0 Å². The van der Waals surface area contributed by atoms with Gasteiger partial charge in [-0.15, -0.1) is 12.4 Å². The lowest BCUT2D eigenvalue weighted by atomic mass is 10.1. The number of hydrogen-bond donors (Lipinski definition) is 3. The molecule has 0 aromatic heterocycles. The van der Waals surface area contributed by atoms with E-state index in [1.165, 1.54) is 0 Å². The summed E-state index contributed by atoms with van der Waals surface area (Å²) in [5, 5.41) is 15.0. The summed E-state index contributed by atoms with van der Waals surface area (Å²) in [6, 6.07) is 7.55. The molecule has 1 unspecified atom stereocenters. The van der Waals surface area contributed by atoms with Crippen molar-refractivity contribution in [3.05, 3.63) is 35.4 Å². The van der Waals surface area contributed by atoms with Gasteiger partial charge in [0.05, 0.1) is 6.61 Å². The second-order valence-electron chi connectivity index (χ2n) is 4.10. The van der Waals surface area contributed by atoms with Crippen LogP contribution in [0.25, 0.3) is 0 Å². The average Bonchev–Trinajstić information content (AvgIpc) is 2.36. The molecule has 1 amide bonds. The third-order valence-electron chi connectivity index (χ3n) is 2.70. The first-order chi connectivity index (χ1) is 8.19. The number of nitrogens with one attached hydrogen (secondary N) is 2. The molecule has 0 spiro atoms. The molecule has 5 heteroatoms. The van der Waals surface area contributed by atoms with E-state index in [1.54, 1.807) is 0 Å². The Kier molecular flexibility index (Phi) is 8.37. The maximum atomic E-state index is 11.7. The standard InChI is InChI=1S/C13H20N2O2.ClH/c1-10(7-14-2)13(17)15-8-11-5-3-4-6-12(11)9-16;/h3-6,10,14,16H,7-9H2,1-2H3,(H,15,17);1H. The lowest BCUT2D eigenvalue weighted by Crippen LogP contribution is -2.34. The van der Waals surface area contributed by atoms with Gasteiger partial charge in [-0.3, -0.25) is 4.79 Å². The van der Waals surface area contributed by atoms with Crippen LogP contribution in [0.4, 0.5) is 0 Å². The Balaban J connectivity index is 0.00000289. The molecule has 0 bridgehead atoms. The van der Waals surface area contributed by atoms with Crippen molar-refractivity contribution < 1.29 is 9.90 Å². The third kappa shape index (κ3) is 5.04. The Morgan fingerprint density at radius 3 is 2.50 bits per heavy atom. The van der Waals surface area contributed by atoms with Gasteiger partial charge in [-0.05, 0) is 18.2 Å². The molecule has 0 radical (unpaired) electrons. The molecule has 0 saturated heterocycles. The molecule has 0 aliphatic rings. The van der Waals surface area contributed by atoms with E-state index in [-0.39, 0.29) is 30.8 Å². The van der Waals surface area contributed by atoms with Crippen molar-refractivity contribution in [2.75, 3.05) is 13.6 Å². The average molecular weight is 273 g/mol. The molecule has 4 nitrogen and oxygen atoms in total. The first kappa shape index (κ1) is 16.9. The SMILES string of the molecule is CNCC(C)C(=O)NCc1ccccc1CO.Cl. The first-order valence-electron chi connectivity index (χ1n) is 5.79. The quantitative estimate of drug-likeness (QED) is 0.726. The van der Waals surface area contributed by atoms with E-state index in [2.05, 4.69) is 10.6 Å². The fourth-order valence-corrected chi connectivity index (χ4v) is 1.64. The van der Waals surface area contributed by atoms with Crippen molar-refractivity contribution in [1.29, 1.82) is 0 Å². The molecular formula is C13H21ClN2O2. The Morgan fingerprint density at radius 1 is 1.33 bits per heavy atom. The van der Waals surface area contributed by atoms with E-state index >= 15 is 0 Å². The zero-order valence-corrected chi connectivity index (χ0v) is 11.6. The predicted octanol–water partition coefficient (Wildman–Crippen LogP) is 1.07. The molecule has 3 N–H and O–H groups in total. The van der Waals surface area contributed by atoms with Gasteiger partial charge in [-0.25, -0.2) is 0 Å². The number of rotatable bonds is 6. The summed E-state index contributed by atoms with van der Waals surface area (Å²) in [4.78, 5) is 11.7. The number of aliphatic hydroxyl groups is 1. The normalized spacial score (nSPS) is 11.5. The van der Waals surface area contributed by atoms with E-state index in [1.807, 2.05) is 38.2 Å². The van der Waals surface area contributed by atoms with Crippen LogP contribution in [0.2, 0.25) is 0 Å². The minimum absolute atomic E-state index is 0. The summed E-state index contributed by atoms with van der Waals surface area (Å²) in [6.45, 7) is 3.00. The van der Waals surface area contributed by atoms with Crippen molar-refractivity contribution in [3.63, 3.8) is 0 Å². The number of carbonyl (C=O) groups excluding carboxylic acids is 1. The van der Waals surface area contributed by atoms with E-state index in [0.29, 0.717) is 13.1 Å². The molecule has 0 fully saturated rings. The molecule has 1 aromatic carbocycles. The Labute approximate surface area is 114 Å². The molecular weight excluding hydrogens is 252 g/mol. The highest BCUT2D eigenvalue weighted by Gasteiger charge is 2.11. The molecule has 0 saturated carbocycles. The highest BCUT2D eigenvalue weighted by Crippen LogP contribution is 2.08. The molecule has 102 valence electrons. The smallest absolute Gasteiger partial charge is 0.224 e. The van der Waals surface area contributed by atoms with Crippen molar-refractivity contribution in [3.8, 4) is 0 Å². The van der Waals surface area contributed by atoms with Crippen LogP contribution in [0, 0.1) is 5.92 Å². The Bertz CT molecular complexity index is 372. The number of carbonyl (C=O) groups is 1. The van der Waals surface area contributed by atoms with Crippen LogP contribution >= 0.6 is 12.4 Å². The summed E-state index contributed by atoms with van der Waals surface area (Å²) in [5.74, 6) is -0.0339. The van der Waals surface area contributed by atoms with Gasteiger partial charge in [0.25, 0.3) is 0 Å². The third-order valence-corrected chi connectivity index (χ3v) is 2.70. The van der Waals surface area contributed by atoms with Crippen LogP contribution in [-0.4, -0.2) is 24.6 Å². The number of aliphatic hydroxyl groups excluding tert-OH is 1. The Morgan fingerprint density at radius 2 is 1.94 bits per heavy atom. The lowest BCUT2D eigenvalue weighted by molar-refractivity contribution is -0.124. The minimum atomic E-state index is -0.0544. The summed E-state index contributed by atoms with van der Waals surface area (Å²) in [5.41, 5.74) is 1.81. The van der Waals surface area contributed by atoms with Crippen LogP contribution in [0.5, 0.6) is 0 Å². The van der Waals surface area contributed by atoms with Crippen molar-refractivity contribution in [2.45, 2.75) is 20.1 Å². The van der Waals surface area contributed by atoms with Gasteiger partial charge in [0.15, 0.2) is 0 Å². The molecule has 0 aliphatic heterocycles. The molecule has 1 rings (SSSR count). The van der Waals surface area contributed by atoms with Gasteiger partial charge in [0, 0.05) is 19.0 Å². The zero-order chi connectivity index (χ0) is 12.7. The van der Waals surface area contributed by atoms with Crippen LogP contribution in [0.1, 0.15) is 18.1 Å². The monoisotopic (exact) mass is 272 g/mol. The van der Waals surface area contributed by atoms with E-state index in [0.717, 1.165) is 11.1 Å². The van der Waals surface area contributed by atoms with Crippen molar-refractivity contribution in [1.82, 2.24) is 10.6 Å². The van der Waals surface area contributed by atoms with Crippen LogP contribution in [-0.2, 0) is 17.9 Å². The van der Waals surface area contributed by atoms with Gasteiger partial charge in [-0.2, -0.15) is 0 Å². The van der Waals surface area contributed by atoms with Gasteiger partial charge < -0.3 is 15.7 Å². The molecule has 1 aromatic rings. The highest BCUT2D eigenvalue weighted by molar-refractivity contribution is 5.85. The molecule has 18 heavy (non-hydrogen) atoms. The summed E-state index contributed by atoms with van der Waals surface area (Å²) in [7, 11) is 1.82. The van der Waals surface area contributed by atoms with Gasteiger partial charge in [-0.1, -0.05) is 31.2 Å². The zero-order valence-electron chi connectivity index (χ0n) is 10.8. The van der Waals surface area contributed by atoms with E-state index in [9.17, 15) is 4.79 Å². The number of amides is 1. The number of benzene rings is 1. The second kappa shape index (κ2) is 8.91. The summed E-state index contributed by atoms with van der Waals surface area (Å²) in [6.07, 6.45) is 0. The molecule has 0 heterocycles. The van der Waals surface area contributed by atoms with Crippen LogP contribution < -0.4 is 10.6 Å². The molecule has 1 atom stereocenters. The molecule has 0 aliphatic carbocycles. The van der Waals surface area contributed by atoms with E-state index < -0.39 is 0 Å². The second-order valence-corrected chi connectivity index (χ2v) is 4.10. The number of halogens is 1. The number of hydrogen-bond acceptors (Lipinski definition) is 3.